The zero-order chi connectivity index (χ0) is 25.1. The lowest BCUT2D eigenvalue weighted by molar-refractivity contribution is -0.124. The van der Waals surface area contributed by atoms with Crippen LogP contribution in [0.5, 0.6) is 0 Å². The second-order valence-electron chi connectivity index (χ2n) is 8.71. The van der Waals surface area contributed by atoms with Crippen molar-refractivity contribution in [2.45, 2.75) is 44.6 Å². The standard InChI is InChI=1S/C28H24N4O3S/c1-2-24(35-28(34)23-16-30-21-10-6-7-11-22(21)31-23)26(33)32-27-20(15-29)19-13-12-18(14-25(19)36-27)17-8-4-3-5-9-17/h3-11,16,18,24H,2,12-14H2,1H3,(H,32,33). The molecule has 2 aromatic heterocycles. The molecule has 1 aliphatic carbocycles. The van der Waals surface area contributed by atoms with Crippen LogP contribution in [-0.2, 0) is 22.4 Å². The first-order chi connectivity index (χ1) is 17.6. The van der Waals surface area contributed by atoms with Crippen molar-refractivity contribution in [3.05, 3.63) is 88.1 Å². The van der Waals surface area contributed by atoms with E-state index in [9.17, 15) is 14.9 Å². The molecule has 7 nitrogen and oxygen atoms in total. The largest absolute Gasteiger partial charge is 0.447 e. The average Bonchev–Trinajstić information content (AvgIpc) is 3.27. The number of nitriles is 1. The number of anilines is 1. The van der Waals surface area contributed by atoms with Gasteiger partial charge >= 0.3 is 5.97 Å². The Labute approximate surface area is 212 Å². The van der Waals surface area contributed by atoms with Crippen LogP contribution in [0.3, 0.4) is 0 Å². The Bertz CT molecular complexity index is 1480. The van der Waals surface area contributed by atoms with E-state index in [4.69, 9.17) is 4.74 Å². The van der Waals surface area contributed by atoms with E-state index >= 15 is 0 Å². The minimum absolute atomic E-state index is 0.0382. The van der Waals surface area contributed by atoms with E-state index in [1.807, 2.05) is 30.3 Å². The number of nitrogens with one attached hydrogen (secondary N) is 1. The Morgan fingerprint density at radius 3 is 2.67 bits per heavy atom. The van der Waals surface area contributed by atoms with Crippen LogP contribution in [-0.4, -0.2) is 27.9 Å². The Balaban J connectivity index is 1.31. The molecule has 0 aliphatic heterocycles. The van der Waals surface area contributed by atoms with E-state index in [0.717, 1.165) is 29.7 Å². The first kappa shape index (κ1) is 23.6. The normalized spacial score (nSPS) is 15.5. The highest BCUT2D eigenvalue weighted by molar-refractivity contribution is 7.16. The summed E-state index contributed by atoms with van der Waals surface area (Å²) in [6.07, 6.45) is 3.19. The van der Waals surface area contributed by atoms with Crippen LogP contribution in [0.1, 0.15) is 57.7 Å². The second-order valence-corrected chi connectivity index (χ2v) is 9.81. The molecule has 1 N–H and O–H groups in total. The fourth-order valence-electron chi connectivity index (χ4n) is 4.56. The van der Waals surface area contributed by atoms with Crippen LogP contribution < -0.4 is 5.32 Å². The highest BCUT2D eigenvalue weighted by Gasteiger charge is 2.29. The molecule has 0 bridgehead atoms. The Morgan fingerprint density at radius 1 is 1.17 bits per heavy atom. The van der Waals surface area contributed by atoms with Crippen molar-refractivity contribution in [2.24, 2.45) is 0 Å². The number of carbonyl (C=O) groups is 2. The van der Waals surface area contributed by atoms with Crippen molar-refractivity contribution < 1.29 is 14.3 Å². The molecule has 180 valence electrons. The van der Waals surface area contributed by atoms with Gasteiger partial charge in [0.1, 0.15) is 11.1 Å². The van der Waals surface area contributed by atoms with Gasteiger partial charge in [-0.2, -0.15) is 5.26 Å². The fraction of sp³-hybridized carbons (Fsp3) is 0.250. The topological polar surface area (TPSA) is 105 Å². The lowest BCUT2D eigenvalue weighted by atomic mass is 9.83. The van der Waals surface area contributed by atoms with Gasteiger partial charge in [-0.05, 0) is 54.9 Å². The molecular formula is C28H24N4O3S. The molecule has 0 radical (unpaired) electrons. The number of hydrogen-bond donors (Lipinski definition) is 1. The number of carbonyl (C=O) groups excluding carboxylic acids is 2. The van der Waals surface area contributed by atoms with E-state index in [2.05, 4.69) is 33.5 Å². The van der Waals surface area contributed by atoms with Crippen LogP contribution in [0.15, 0.2) is 60.8 Å². The summed E-state index contributed by atoms with van der Waals surface area (Å²) in [6, 6.07) is 19.8. The van der Waals surface area contributed by atoms with Crippen LogP contribution in [0, 0.1) is 11.3 Å². The number of amides is 1. The van der Waals surface area contributed by atoms with Gasteiger partial charge in [-0.15, -0.1) is 11.3 Å². The zero-order valence-electron chi connectivity index (χ0n) is 19.7. The molecule has 4 aromatic rings. The van der Waals surface area contributed by atoms with Crippen molar-refractivity contribution in [3.8, 4) is 6.07 Å². The van der Waals surface area contributed by atoms with Crippen LogP contribution in [0.25, 0.3) is 11.0 Å². The summed E-state index contributed by atoms with van der Waals surface area (Å²) in [5, 5.41) is 13.2. The molecule has 1 amide bonds. The summed E-state index contributed by atoms with van der Waals surface area (Å²) in [5.41, 5.74) is 4.09. The molecular weight excluding hydrogens is 472 g/mol. The number of ether oxygens (including phenoxy) is 1. The number of thiophene rings is 1. The number of rotatable bonds is 6. The molecule has 0 fully saturated rings. The van der Waals surface area contributed by atoms with E-state index in [0.29, 0.717) is 27.5 Å². The Morgan fingerprint density at radius 2 is 1.92 bits per heavy atom. The Kier molecular flexibility index (Phi) is 6.74. The molecule has 0 saturated heterocycles. The third-order valence-electron chi connectivity index (χ3n) is 6.46. The number of aromatic nitrogens is 2. The summed E-state index contributed by atoms with van der Waals surface area (Å²) in [4.78, 5) is 35.4. The predicted octanol–water partition coefficient (Wildman–Crippen LogP) is 5.41. The molecule has 0 spiro atoms. The van der Waals surface area contributed by atoms with Crippen molar-refractivity contribution >= 4 is 39.2 Å². The fourth-order valence-corrected chi connectivity index (χ4v) is 5.84. The maximum Gasteiger partial charge on any atom is 0.359 e. The van der Waals surface area contributed by atoms with Gasteiger partial charge in [0.05, 0.1) is 22.8 Å². The molecule has 2 aromatic carbocycles. The van der Waals surface area contributed by atoms with Gasteiger partial charge in [0, 0.05) is 4.88 Å². The summed E-state index contributed by atoms with van der Waals surface area (Å²) in [5.74, 6) is -0.791. The van der Waals surface area contributed by atoms with Gasteiger partial charge in [-0.1, -0.05) is 49.4 Å². The first-order valence-electron chi connectivity index (χ1n) is 11.9. The predicted molar refractivity (Wildman–Crippen MR) is 138 cm³/mol. The highest BCUT2D eigenvalue weighted by atomic mass is 32.1. The minimum Gasteiger partial charge on any atom is -0.447 e. The lowest BCUT2D eigenvalue weighted by Crippen LogP contribution is -2.32. The summed E-state index contributed by atoms with van der Waals surface area (Å²) < 4.78 is 5.49. The second kappa shape index (κ2) is 10.3. The van der Waals surface area contributed by atoms with E-state index in [1.54, 1.807) is 19.1 Å². The van der Waals surface area contributed by atoms with E-state index in [1.165, 1.54) is 23.1 Å². The maximum absolute atomic E-state index is 13.1. The third-order valence-corrected chi connectivity index (χ3v) is 7.62. The number of esters is 1. The van der Waals surface area contributed by atoms with Crippen molar-refractivity contribution in [1.82, 2.24) is 9.97 Å². The number of nitrogens with zero attached hydrogens (tertiary/aromatic N) is 3. The number of para-hydroxylation sites is 2. The van der Waals surface area contributed by atoms with E-state index < -0.39 is 18.0 Å². The quantitative estimate of drug-likeness (QED) is 0.358. The molecule has 1 aliphatic rings. The van der Waals surface area contributed by atoms with Gasteiger partial charge in [0.25, 0.3) is 5.91 Å². The molecule has 0 saturated carbocycles. The molecule has 2 atom stereocenters. The highest BCUT2D eigenvalue weighted by Crippen LogP contribution is 2.42. The third kappa shape index (κ3) is 4.70. The lowest BCUT2D eigenvalue weighted by Gasteiger charge is -2.22. The van der Waals surface area contributed by atoms with Crippen LogP contribution in [0.2, 0.25) is 0 Å². The summed E-state index contributed by atoms with van der Waals surface area (Å²) in [7, 11) is 0. The minimum atomic E-state index is -1.02. The monoisotopic (exact) mass is 496 g/mol. The first-order valence-corrected chi connectivity index (χ1v) is 12.7. The van der Waals surface area contributed by atoms with E-state index in [-0.39, 0.29) is 12.1 Å². The summed E-state index contributed by atoms with van der Waals surface area (Å²) in [6.45, 7) is 1.76. The van der Waals surface area contributed by atoms with Gasteiger partial charge in [0.15, 0.2) is 11.8 Å². The molecule has 2 heterocycles. The van der Waals surface area contributed by atoms with Crippen molar-refractivity contribution in [1.29, 1.82) is 5.26 Å². The Hall–Kier alpha value is -4.09. The smallest absolute Gasteiger partial charge is 0.359 e. The maximum atomic E-state index is 13.1. The number of hydrogen-bond acceptors (Lipinski definition) is 7. The van der Waals surface area contributed by atoms with Gasteiger partial charge in [0.2, 0.25) is 0 Å². The zero-order valence-corrected chi connectivity index (χ0v) is 20.5. The van der Waals surface area contributed by atoms with Crippen LogP contribution in [0.4, 0.5) is 5.00 Å². The van der Waals surface area contributed by atoms with Crippen LogP contribution >= 0.6 is 11.3 Å². The molecule has 8 heteroatoms. The van der Waals surface area contributed by atoms with Gasteiger partial charge in [-0.3, -0.25) is 9.78 Å². The van der Waals surface area contributed by atoms with Crippen molar-refractivity contribution in [3.63, 3.8) is 0 Å². The molecule has 2 unspecified atom stereocenters. The number of fused-ring (bicyclic) bond motifs is 2. The molecule has 36 heavy (non-hydrogen) atoms. The SMILES string of the molecule is CCC(OC(=O)c1cnc2ccccc2n1)C(=O)Nc1sc2c(c1C#N)CCC(c1ccccc1)C2. The number of benzene rings is 2. The average molecular weight is 497 g/mol. The molecule has 5 rings (SSSR count). The van der Waals surface area contributed by atoms with Crippen molar-refractivity contribution in [2.75, 3.05) is 5.32 Å². The summed E-state index contributed by atoms with van der Waals surface area (Å²) >= 11 is 1.44. The van der Waals surface area contributed by atoms with Gasteiger partial charge < -0.3 is 10.1 Å². The van der Waals surface area contributed by atoms with Gasteiger partial charge in [-0.25, -0.2) is 9.78 Å².